The number of hydrogen-bond donors (Lipinski definition) is 0. The molecular weight excluding hydrogens is 536 g/mol. The smallest absolute Gasteiger partial charge is 0.344 e. The predicted octanol–water partition coefficient (Wildman–Crippen LogP) is 10.4. The number of carbonyl (C=O) groups excluding carboxylic acids is 1. The molecule has 0 saturated carbocycles. The van der Waals surface area contributed by atoms with E-state index in [1.165, 1.54) is 0 Å². The molecule has 0 aliphatic heterocycles. The van der Waals surface area contributed by atoms with Gasteiger partial charge in [-0.05, 0) is 101 Å². The second-order valence-corrected chi connectivity index (χ2v) is 15.3. The number of aryl methyl sites for hydroxylation is 3. The fourth-order valence-electron chi connectivity index (χ4n) is 6.05. The van der Waals surface area contributed by atoms with E-state index >= 15 is 0 Å². The first-order valence-electron chi connectivity index (χ1n) is 15.6. The normalized spacial score (nSPS) is 13.3. The Balaban J connectivity index is 0.00000316. The van der Waals surface area contributed by atoms with Crippen LogP contribution in [0.15, 0.2) is 45.6 Å². The quantitative estimate of drug-likeness (QED) is 0.192. The largest absolute Gasteiger partial charge is 0.488 e. The van der Waals surface area contributed by atoms with E-state index in [4.69, 9.17) is 13.9 Å². The van der Waals surface area contributed by atoms with Crippen LogP contribution < -0.4 is 10.4 Å². The van der Waals surface area contributed by atoms with Crippen molar-refractivity contribution in [2.75, 3.05) is 0 Å². The summed E-state index contributed by atoms with van der Waals surface area (Å²) in [5.74, 6) is 0.200. The number of rotatable bonds is 8. The Bertz CT molecular complexity index is 1450. The molecule has 1 atom stereocenters. The molecule has 5 heteroatoms. The molecule has 1 heterocycles. The SMILES string of the molecule is CC.Cc1cc(C)c(-c2cc3ccc(OC(C)(C)CC(C)(C)OC(=O)C(CC(C)(C)C)C(C)(C)C)cc3oc2=O)c(C)c1. The average molecular weight is 593 g/mol. The first kappa shape index (κ1) is 36.1. The van der Waals surface area contributed by atoms with Crippen molar-refractivity contribution in [3.8, 4) is 16.9 Å². The van der Waals surface area contributed by atoms with Crippen molar-refractivity contribution in [3.05, 3.63) is 63.5 Å². The van der Waals surface area contributed by atoms with Gasteiger partial charge in [-0.2, -0.15) is 0 Å². The molecule has 0 N–H and O–H groups in total. The van der Waals surface area contributed by atoms with Crippen LogP contribution in [0.4, 0.5) is 0 Å². The Morgan fingerprint density at radius 2 is 1.37 bits per heavy atom. The summed E-state index contributed by atoms with van der Waals surface area (Å²) in [6.07, 6.45) is 1.23. The maximum atomic E-state index is 13.4. The molecule has 5 nitrogen and oxygen atoms in total. The molecular formula is C38H56O5. The van der Waals surface area contributed by atoms with Crippen LogP contribution in [0.2, 0.25) is 0 Å². The highest BCUT2D eigenvalue weighted by Crippen LogP contribution is 2.39. The Labute approximate surface area is 260 Å². The fraction of sp³-hybridized carbons (Fsp3) is 0.579. The summed E-state index contributed by atoms with van der Waals surface area (Å²) in [5.41, 5.74) is 3.22. The third kappa shape index (κ3) is 9.98. The van der Waals surface area contributed by atoms with Crippen LogP contribution >= 0.6 is 0 Å². The fourth-order valence-corrected chi connectivity index (χ4v) is 6.05. The number of benzene rings is 2. The molecule has 0 radical (unpaired) electrons. The Morgan fingerprint density at radius 3 is 1.88 bits per heavy atom. The Kier molecular flexibility index (Phi) is 11.2. The zero-order valence-corrected chi connectivity index (χ0v) is 29.5. The highest BCUT2D eigenvalue weighted by Gasteiger charge is 2.40. The second kappa shape index (κ2) is 13.3. The first-order valence-corrected chi connectivity index (χ1v) is 15.6. The first-order chi connectivity index (χ1) is 19.6. The average Bonchev–Trinajstić information content (AvgIpc) is 2.81. The number of ether oxygens (including phenoxy) is 2. The van der Waals surface area contributed by atoms with Crippen LogP contribution in [-0.2, 0) is 9.53 Å². The van der Waals surface area contributed by atoms with Gasteiger partial charge in [-0.15, -0.1) is 0 Å². The molecule has 0 spiro atoms. The van der Waals surface area contributed by atoms with Gasteiger partial charge in [0.15, 0.2) is 0 Å². The maximum absolute atomic E-state index is 13.4. The molecule has 43 heavy (non-hydrogen) atoms. The lowest BCUT2D eigenvalue weighted by molar-refractivity contribution is -0.170. The van der Waals surface area contributed by atoms with Crippen molar-refractivity contribution in [1.29, 1.82) is 0 Å². The van der Waals surface area contributed by atoms with Gasteiger partial charge in [0.2, 0.25) is 0 Å². The molecule has 3 aromatic rings. The lowest BCUT2D eigenvalue weighted by Crippen LogP contribution is -2.43. The van der Waals surface area contributed by atoms with E-state index in [1.807, 2.05) is 73.6 Å². The molecule has 0 fully saturated rings. The van der Waals surface area contributed by atoms with Gasteiger partial charge in [-0.25, -0.2) is 4.79 Å². The van der Waals surface area contributed by atoms with Crippen molar-refractivity contribution in [2.45, 2.75) is 128 Å². The molecule has 0 amide bonds. The molecule has 0 bridgehead atoms. The third-order valence-electron chi connectivity index (χ3n) is 7.42. The van der Waals surface area contributed by atoms with E-state index < -0.39 is 11.2 Å². The molecule has 238 valence electrons. The Hall–Kier alpha value is -3.08. The van der Waals surface area contributed by atoms with Crippen LogP contribution in [0.1, 0.15) is 113 Å². The monoisotopic (exact) mass is 592 g/mol. The van der Waals surface area contributed by atoms with E-state index in [0.29, 0.717) is 23.3 Å². The van der Waals surface area contributed by atoms with E-state index in [0.717, 1.165) is 34.1 Å². The summed E-state index contributed by atoms with van der Waals surface area (Å²) >= 11 is 0. The predicted molar refractivity (Wildman–Crippen MR) is 180 cm³/mol. The molecule has 2 aromatic carbocycles. The van der Waals surface area contributed by atoms with Crippen molar-refractivity contribution >= 4 is 16.9 Å². The molecule has 0 aliphatic carbocycles. The lowest BCUT2D eigenvalue weighted by atomic mass is 9.72. The summed E-state index contributed by atoms with van der Waals surface area (Å²) in [7, 11) is 0. The van der Waals surface area contributed by atoms with Crippen molar-refractivity contribution in [3.63, 3.8) is 0 Å². The highest BCUT2D eigenvalue weighted by molar-refractivity contribution is 5.84. The minimum Gasteiger partial charge on any atom is -0.488 e. The van der Waals surface area contributed by atoms with E-state index in [1.54, 1.807) is 6.07 Å². The number of carbonyl (C=O) groups is 1. The minimum absolute atomic E-state index is 0.00708. The van der Waals surface area contributed by atoms with Crippen LogP contribution in [-0.4, -0.2) is 17.2 Å². The maximum Gasteiger partial charge on any atom is 0.344 e. The van der Waals surface area contributed by atoms with Gasteiger partial charge in [0, 0.05) is 17.9 Å². The zero-order chi connectivity index (χ0) is 33.1. The summed E-state index contributed by atoms with van der Waals surface area (Å²) in [5, 5.41) is 0.825. The van der Waals surface area contributed by atoms with Crippen LogP contribution in [0.25, 0.3) is 22.1 Å². The summed E-state index contributed by atoms with van der Waals surface area (Å²) in [6, 6.07) is 11.6. The molecule has 0 aliphatic rings. The molecule has 1 aromatic heterocycles. The van der Waals surface area contributed by atoms with Gasteiger partial charge in [0.1, 0.15) is 22.5 Å². The molecule has 1 unspecified atom stereocenters. The van der Waals surface area contributed by atoms with Crippen LogP contribution in [0, 0.1) is 37.5 Å². The number of esters is 1. The third-order valence-corrected chi connectivity index (χ3v) is 7.42. The van der Waals surface area contributed by atoms with Gasteiger partial charge in [-0.1, -0.05) is 73.1 Å². The topological polar surface area (TPSA) is 65.7 Å². The molecule has 0 saturated heterocycles. The standard InChI is InChI=1S/C36H50O5.C2H6/c1-22-16-23(2)30(24(3)17-22)27-18-25-14-15-26(19-29(25)39-31(27)37)40-35(10,11)21-36(12,13)41-32(38)28(34(7,8)9)20-33(4,5)6;1-2/h14-19,28H,20-21H2,1-13H3;1-2H3. The van der Waals surface area contributed by atoms with Gasteiger partial charge >= 0.3 is 11.6 Å². The Morgan fingerprint density at radius 1 is 0.814 bits per heavy atom. The van der Waals surface area contributed by atoms with Crippen molar-refractivity contribution in [1.82, 2.24) is 0 Å². The lowest BCUT2D eigenvalue weighted by Gasteiger charge is -2.39. The summed E-state index contributed by atoms with van der Waals surface area (Å²) in [6.45, 7) is 30.6. The highest BCUT2D eigenvalue weighted by atomic mass is 16.6. The molecule has 3 rings (SSSR count). The van der Waals surface area contributed by atoms with Crippen LogP contribution in [0.3, 0.4) is 0 Å². The van der Waals surface area contributed by atoms with E-state index in [2.05, 4.69) is 60.6 Å². The van der Waals surface area contributed by atoms with E-state index in [-0.39, 0.29) is 28.3 Å². The van der Waals surface area contributed by atoms with Gasteiger partial charge in [-0.3, -0.25) is 4.79 Å². The minimum atomic E-state index is -0.746. The summed E-state index contributed by atoms with van der Waals surface area (Å²) < 4.78 is 18.3. The summed E-state index contributed by atoms with van der Waals surface area (Å²) in [4.78, 5) is 26.5. The number of fused-ring (bicyclic) bond motifs is 1. The zero-order valence-electron chi connectivity index (χ0n) is 29.5. The van der Waals surface area contributed by atoms with Gasteiger partial charge in [0.05, 0.1) is 11.5 Å². The van der Waals surface area contributed by atoms with Crippen molar-refractivity contribution < 1.29 is 18.7 Å². The van der Waals surface area contributed by atoms with Crippen LogP contribution in [0.5, 0.6) is 5.75 Å². The second-order valence-electron chi connectivity index (χ2n) is 15.3. The number of hydrogen-bond acceptors (Lipinski definition) is 5. The van der Waals surface area contributed by atoms with Gasteiger partial charge < -0.3 is 13.9 Å². The van der Waals surface area contributed by atoms with Gasteiger partial charge in [0.25, 0.3) is 0 Å². The van der Waals surface area contributed by atoms with Crippen molar-refractivity contribution in [2.24, 2.45) is 16.7 Å². The van der Waals surface area contributed by atoms with E-state index in [9.17, 15) is 9.59 Å².